The van der Waals surface area contributed by atoms with E-state index in [-0.39, 0.29) is 11.7 Å². The van der Waals surface area contributed by atoms with Crippen LogP contribution in [-0.2, 0) is 17.8 Å². The summed E-state index contributed by atoms with van der Waals surface area (Å²) in [6.45, 7) is 1.34. The number of fused-ring (bicyclic) bond motifs is 1. The first-order valence-corrected chi connectivity index (χ1v) is 9.46. The Morgan fingerprint density at radius 2 is 1.77 bits per heavy atom. The fraction of sp³-hybridized carbons (Fsp3) is 0.136. The number of thiophene rings is 1. The van der Waals surface area contributed by atoms with Gasteiger partial charge in [-0.15, -0.1) is 11.3 Å². The molecule has 1 aliphatic rings. The summed E-state index contributed by atoms with van der Waals surface area (Å²) in [5.74, 6) is -0.259. The van der Waals surface area contributed by atoms with Crippen LogP contribution in [0.1, 0.15) is 21.6 Å². The van der Waals surface area contributed by atoms with E-state index in [1.165, 1.54) is 23.3 Å². The summed E-state index contributed by atoms with van der Waals surface area (Å²) in [5.41, 5.74) is 4.00. The number of rotatable bonds is 3. The van der Waals surface area contributed by atoms with Gasteiger partial charge in [0.15, 0.2) is 0 Å². The Morgan fingerprint density at radius 1 is 1.00 bits per heavy atom. The molecule has 130 valence electrons. The molecule has 1 aromatic heterocycles. The van der Waals surface area contributed by atoms with Crippen LogP contribution in [0.15, 0.2) is 66.0 Å². The number of hydrogen-bond donors (Lipinski definition) is 0. The van der Waals surface area contributed by atoms with Gasteiger partial charge in [0.05, 0.1) is 5.57 Å². The lowest BCUT2D eigenvalue weighted by atomic mass is 9.98. The van der Waals surface area contributed by atoms with E-state index in [9.17, 15) is 9.18 Å². The van der Waals surface area contributed by atoms with E-state index >= 15 is 0 Å². The van der Waals surface area contributed by atoms with Crippen molar-refractivity contribution < 1.29 is 9.18 Å². The van der Waals surface area contributed by atoms with Crippen molar-refractivity contribution in [3.8, 4) is 0 Å². The maximum absolute atomic E-state index is 13.3. The highest BCUT2D eigenvalue weighted by atomic mass is 32.1. The van der Waals surface area contributed by atoms with Crippen LogP contribution in [0.25, 0.3) is 11.6 Å². The molecule has 0 bridgehead atoms. The van der Waals surface area contributed by atoms with Gasteiger partial charge in [-0.1, -0.05) is 42.5 Å². The number of benzene rings is 2. The fourth-order valence-electron chi connectivity index (χ4n) is 3.24. The normalized spacial score (nSPS) is 14.2. The topological polar surface area (TPSA) is 20.3 Å². The Bertz CT molecular complexity index is 945. The van der Waals surface area contributed by atoms with Crippen LogP contribution in [0.2, 0.25) is 0 Å². The molecule has 4 heteroatoms. The summed E-state index contributed by atoms with van der Waals surface area (Å²) < 4.78 is 13.2. The first-order chi connectivity index (χ1) is 12.7. The molecule has 4 rings (SSSR count). The van der Waals surface area contributed by atoms with Crippen LogP contribution in [0.3, 0.4) is 0 Å². The molecule has 0 saturated heterocycles. The molecule has 2 nitrogen and oxygen atoms in total. The lowest BCUT2D eigenvalue weighted by Crippen LogP contribution is -2.36. The predicted octanol–water partition coefficient (Wildman–Crippen LogP) is 5.01. The van der Waals surface area contributed by atoms with Gasteiger partial charge in [0.1, 0.15) is 5.82 Å². The zero-order valence-electron chi connectivity index (χ0n) is 14.2. The van der Waals surface area contributed by atoms with Crippen LogP contribution >= 0.6 is 11.3 Å². The third-order valence-corrected chi connectivity index (χ3v) is 5.52. The van der Waals surface area contributed by atoms with Crippen molar-refractivity contribution >= 4 is 28.9 Å². The van der Waals surface area contributed by atoms with Crippen molar-refractivity contribution in [2.75, 3.05) is 6.54 Å². The minimum atomic E-state index is -0.279. The molecule has 26 heavy (non-hydrogen) atoms. The first-order valence-electron chi connectivity index (χ1n) is 8.58. The highest BCUT2D eigenvalue weighted by Gasteiger charge is 2.24. The second-order valence-corrected chi connectivity index (χ2v) is 7.28. The second kappa shape index (κ2) is 7.26. The van der Waals surface area contributed by atoms with Gasteiger partial charge >= 0.3 is 0 Å². The van der Waals surface area contributed by atoms with Crippen molar-refractivity contribution in [3.63, 3.8) is 0 Å². The van der Waals surface area contributed by atoms with Gasteiger partial charge in [0.2, 0.25) is 0 Å². The maximum atomic E-state index is 13.3. The summed E-state index contributed by atoms with van der Waals surface area (Å²) >= 11 is 1.54. The first kappa shape index (κ1) is 16.7. The molecule has 2 heterocycles. The van der Waals surface area contributed by atoms with Crippen molar-refractivity contribution in [3.05, 3.63) is 93.4 Å². The van der Waals surface area contributed by atoms with Gasteiger partial charge in [-0.2, -0.15) is 0 Å². The van der Waals surface area contributed by atoms with Crippen LogP contribution in [0.5, 0.6) is 0 Å². The molecular weight excluding hydrogens is 345 g/mol. The lowest BCUT2D eigenvalue weighted by Gasteiger charge is -2.29. The monoisotopic (exact) mass is 363 g/mol. The van der Waals surface area contributed by atoms with Crippen molar-refractivity contribution in [2.24, 2.45) is 0 Å². The molecule has 0 saturated carbocycles. The van der Waals surface area contributed by atoms with Crippen molar-refractivity contribution in [1.82, 2.24) is 4.90 Å². The van der Waals surface area contributed by atoms with E-state index in [0.717, 1.165) is 16.9 Å². The zero-order chi connectivity index (χ0) is 17.9. The minimum Gasteiger partial charge on any atom is -0.334 e. The SMILES string of the molecule is O=C(/C(=C/c1ccc(F)cc1)c1cccs1)N1CCc2ccccc2C1. The summed E-state index contributed by atoms with van der Waals surface area (Å²) in [7, 11) is 0. The van der Waals surface area contributed by atoms with Gasteiger partial charge in [-0.25, -0.2) is 4.39 Å². The van der Waals surface area contributed by atoms with E-state index in [2.05, 4.69) is 12.1 Å². The van der Waals surface area contributed by atoms with E-state index in [0.29, 0.717) is 18.7 Å². The second-order valence-electron chi connectivity index (χ2n) is 6.33. The number of hydrogen-bond acceptors (Lipinski definition) is 2. The minimum absolute atomic E-state index is 0.0197. The number of carbonyl (C=O) groups is 1. The zero-order valence-corrected chi connectivity index (χ0v) is 15.0. The molecule has 2 aromatic carbocycles. The van der Waals surface area contributed by atoms with Crippen LogP contribution in [0.4, 0.5) is 4.39 Å². The number of halogens is 1. The average Bonchev–Trinajstić information content (AvgIpc) is 3.21. The molecule has 3 aromatic rings. The Hall–Kier alpha value is -2.72. The summed E-state index contributed by atoms with van der Waals surface area (Å²) in [6.07, 6.45) is 2.73. The quantitative estimate of drug-likeness (QED) is 0.599. The molecule has 0 atom stereocenters. The average molecular weight is 363 g/mol. The van der Waals surface area contributed by atoms with Crippen molar-refractivity contribution in [1.29, 1.82) is 0 Å². The third kappa shape index (κ3) is 3.46. The number of nitrogens with zero attached hydrogens (tertiary/aromatic N) is 1. The Labute approximate surface area is 156 Å². The Kier molecular flexibility index (Phi) is 4.67. The fourth-order valence-corrected chi connectivity index (χ4v) is 3.97. The van der Waals surface area contributed by atoms with Crippen molar-refractivity contribution in [2.45, 2.75) is 13.0 Å². The standard InChI is InChI=1S/C22H18FNOS/c23-19-9-7-16(8-10-19)14-20(21-6-3-13-26-21)22(25)24-12-11-17-4-1-2-5-18(17)15-24/h1-10,13-14H,11-12,15H2/b20-14+. The summed E-state index contributed by atoms with van der Waals surface area (Å²) in [5, 5.41) is 1.96. The van der Waals surface area contributed by atoms with Gasteiger partial charge in [0.25, 0.3) is 5.91 Å². The van der Waals surface area contributed by atoms with E-state index in [1.54, 1.807) is 23.5 Å². The van der Waals surface area contributed by atoms with E-state index in [1.807, 2.05) is 40.6 Å². The molecule has 1 amide bonds. The number of amides is 1. The molecule has 0 radical (unpaired) electrons. The predicted molar refractivity (Wildman–Crippen MR) is 104 cm³/mol. The molecule has 0 aliphatic carbocycles. The summed E-state index contributed by atoms with van der Waals surface area (Å²) in [4.78, 5) is 16.1. The molecule has 0 fully saturated rings. The maximum Gasteiger partial charge on any atom is 0.255 e. The van der Waals surface area contributed by atoms with Gasteiger partial charge in [-0.05, 0) is 52.8 Å². The van der Waals surface area contributed by atoms with Crippen LogP contribution < -0.4 is 0 Å². The molecule has 1 aliphatic heterocycles. The Balaban J connectivity index is 1.66. The Morgan fingerprint density at radius 3 is 2.50 bits per heavy atom. The number of carbonyl (C=O) groups excluding carboxylic acids is 1. The van der Waals surface area contributed by atoms with E-state index in [4.69, 9.17) is 0 Å². The molecule has 0 N–H and O–H groups in total. The van der Waals surface area contributed by atoms with Gasteiger partial charge in [0, 0.05) is 18.0 Å². The molecule has 0 unspecified atom stereocenters. The highest BCUT2D eigenvalue weighted by molar-refractivity contribution is 7.11. The van der Waals surface area contributed by atoms with Gasteiger partial charge in [-0.3, -0.25) is 4.79 Å². The molecule has 0 spiro atoms. The third-order valence-electron chi connectivity index (χ3n) is 4.62. The largest absolute Gasteiger partial charge is 0.334 e. The van der Waals surface area contributed by atoms with Crippen LogP contribution in [-0.4, -0.2) is 17.4 Å². The molecular formula is C22H18FNOS. The smallest absolute Gasteiger partial charge is 0.255 e. The summed E-state index contributed by atoms with van der Waals surface area (Å²) in [6, 6.07) is 18.4. The van der Waals surface area contributed by atoms with Crippen LogP contribution in [0, 0.1) is 5.82 Å². The van der Waals surface area contributed by atoms with E-state index < -0.39 is 0 Å². The lowest BCUT2D eigenvalue weighted by molar-refractivity contribution is -0.125. The highest BCUT2D eigenvalue weighted by Crippen LogP contribution is 2.28. The van der Waals surface area contributed by atoms with Gasteiger partial charge < -0.3 is 4.90 Å².